The highest BCUT2D eigenvalue weighted by Crippen LogP contribution is 2.35. The molecule has 0 unspecified atom stereocenters. The Morgan fingerprint density at radius 3 is 2.53 bits per heavy atom. The summed E-state index contributed by atoms with van der Waals surface area (Å²) in [6.07, 6.45) is 1.52. The Kier molecular flexibility index (Phi) is 6.07. The molecule has 30 heavy (non-hydrogen) atoms. The normalized spacial score (nSPS) is 14.1. The summed E-state index contributed by atoms with van der Waals surface area (Å²) in [7, 11) is -3.75. The fraction of sp³-hybridized carbons (Fsp3) is 0.100. The van der Waals surface area contributed by atoms with Crippen LogP contribution in [0, 0.1) is 0 Å². The predicted octanol–water partition coefficient (Wildman–Crippen LogP) is 4.01. The molecule has 4 rings (SSSR count). The summed E-state index contributed by atoms with van der Waals surface area (Å²) in [5.41, 5.74) is 1.38. The van der Waals surface area contributed by atoms with Gasteiger partial charge in [0.15, 0.2) is 10.9 Å². The van der Waals surface area contributed by atoms with Crippen molar-refractivity contribution < 1.29 is 17.9 Å². The zero-order valence-corrected chi connectivity index (χ0v) is 18.0. The second-order valence-corrected chi connectivity index (χ2v) is 9.82. The predicted molar refractivity (Wildman–Crippen MR) is 120 cm³/mol. The van der Waals surface area contributed by atoms with Crippen LogP contribution in [0.3, 0.4) is 0 Å². The van der Waals surface area contributed by atoms with Crippen LogP contribution >= 0.6 is 23.1 Å². The summed E-state index contributed by atoms with van der Waals surface area (Å²) in [4.78, 5) is 17.6. The van der Waals surface area contributed by atoms with Crippen LogP contribution in [-0.2, 0) is 19.6 Å². The first-order valence-corrected chi connectivity index (χ1v) is 12.3. The van der Waals surface area contributed by atoms with Gasteiger partial charge < -0.3 is 10.1 Å². The highest BCUT2D eigenvalue weighted by atomic mass is 32.2. The SMILES string of the molecule is O=C(Nc1ccc(S(=O)(=O)Nc2nccs2)cc1)C1=C(c2ccccc2)SCCO1. The van der Waals surface area contributed by atoms with Crippen LogP contribution in [0.25, 0.3) is 4.91 Å². The minimum atomic E-state index is -3.75. The molecular formula is C20H17N3O4S3. The molecule has 154 valence electrons. The molecule has 0 spiro atoms. The molecule has 7 nitrogen and oxygen atoms in total. The van der Waals surface area contributed by atoms with Crippen LogP contribution in [0.15, 0.2) is 76.8 Å². The second kappa shape index (κ2) is 8.90. The third-order valence-corrected chi connectivity index (χ3v) is 7.35. The van der Waals surface area contributed by atoms with E-state index in [1.54, 1.807) is 17.1 Å². The van der Waals surface area contributed by atoms with Crippen molar-refractivity contribution in [1.82, 2.24) is 4.98 Å². The molecule has 10 heteroatoms. The van der Waals surface area contributed by atoms with E-state index in [4.69, 9.17) is 4.74 Å². The van der Waals surface area contributed by atoms with Gasteiger partial charge in [0.2, 0.25) is 0 Å². The quantitative estimate of drug-likeness (QED) is 0.578. The Hall–Kier alpha value is -2.82. The minimum absolute atomic E-state index is 0.0735. The number of thioether (sulfide) groups is 1. The Balaban J connectivity index is 1.51. The standard InChI is InChI=1S/C20H17N3O4S3/c24-19(17-18(28-13-11-27-17)14-4-2-1-3-5-14)22-15-6-8-16(9-7-15)30(25,26)23-20-21-10-12-29-20/h1-10,12H,11,13H2,(H,21,23)(H,22,24). The third-order valence-electron chi connectivity index (χ3n) is 4.10. The Morgan fingerprint density at radius 1 is 1.07 bits per heavy atom. The number of hydrogen-bond acceptors (Lipinski definition) is 7. The molecule has 0 fully saturated rings. The van der Waals surface area contributed by atoms with E-state index >= 15 is 0 Å². The van der Waals surface area contributed by atoms with E-state index in [2.05, 4.69) is 15.0 Å². The van der Waals surface area contributed by atoms with Gasteiger partial charge in [0.25, 0.3) is 15.9 Å². The number of rotatable bonds is 6. The number of carbonyl (C=O) groups excluding carboxylic acids is 1. The highest BCUT2D eigenvalue weighted by Gasteiger charge is 2.23. The van der Waals surface area contributed by atoms with Gasteiger partial charge in [-0.05, 0) is 29.8 Å². The lowest BCUT2D eigenvalue weighted by molar-refractivity contribution is -0.115. The summed E-state index contributed by atoms with van der Waals surface area (Å²) >= 11 is 2.76. The fourth-order valence-corrected chi connectivity index (χ4v) is 5.49. The van der Waals surface area contributed by atoms with E-state index in [0.29, 0.717) is 17.4 Å². The summed E-state index contributed by atoms with van der Waals surface area (Å²) in [6, 6.07) is 15.5. The minimum Gasteiger partial charge on any atom is -0.486 e. The zero-order valence-electron chi connectivity index (χ0n) is 15.6. The van der Waals surface area contributed by atoms with Gasteiger partial charge in [-0.25, -0.2) is 13.4 Å². The summed E-state index contributed by atoms with van der Waals surface area (Å²) < 4.78 is 32.9. The van der Waals surface area contributed by atoms with E-state index < -0.39 is 10.0 Å². The summed E-state index contributed by atoms with van der Waals surface area (Å²) in [6.45, 7) is 0.448. The van der Waals surface area contributed by atoms with E-state index in [9.17, 15) is 13.2 Å². The van der Waals surface area contributed by atoms with E-state index in [1.165, 1.54) is 41.8 Å². The van der Waals surface area contributed by atoms with Crippen LogP contribution in [0.1, 0.15) is 5.56 Å². The summed E-state index contributed by atoms with van der Waals surface area (Å²) in [5, 5.41) is 4.75. The molecule has 0 saturated carbocycles. The van der Waals surface area contributed by atoms with Crippen molar-refractivity contribution in [2.24, 2.45) is 0 Å². The average Bonchev–Trinajstić information content (AvgIpc) is 3.27. The number of ether oxygens (including phenoxy) is 1. The number of amides is 1. The molecule has 0 bridgehead atoms. The zero-order chi connectivity index (χ0) is 21.0. The smallest absolute Gasteiger partial charge is 0.291 e. The van der Waals surface area contributed by atoms with Crippen LogP contribution in [-0.4, -0.2) is 31.7 Å². The number of nitrogens with one attached hydrogen (secondary N) is 2. The molecule has 0 saturated heterocycles. The van der Waals surface area contributed by atoms with Gasteiger partial charge in [0.05, 0.1) is 16.4 Å². The molecule has 1 aliphatic rings. The topological polar surface area (TPSA) is 97.4 Å². The van der Waals surface area contributed by atoms with Crippen molar-refractivity contribution >= 4 is 54.8 Å². The fourth-order valence-electron chi connectivity index (χ4n) is 2.74. The van der Waals surface area contributed by atoms with Crippen LogP contribution < -0.4 is 10.0 Å². The maximum Gasteiger partial charge on any atom is 0.291 e. The van der Waals surface area contributed by atoms with Gasteiger partial charge in [0.1, 0.15) is 0 Å². The van der Waals surface area contributed by atoms with Gasteiger partial charge in [-0.1, -0.05) is 30.3 Å². The summed E-state index contributed by atoms with van der Waals surface area (Å²) in [5.74, 6) is 0.650. The first-order valence-electron chi connectivity index (χ1n) is 8.92. The lowest BCUT2D eigenvalue weighted by Gasteiger charge is -2.20. The van der Waals surface area contributed by atoms with E-state index in [-0.39, 0.29) is 16.6 Å². The van der Waals surface area contributed by atoms with Crippen molar-refractivity contribution in [3.63, 3.8) is 0 Å². The Labute approximate surface area is 182 Å². The van der Waals surface area contributed by atoms with Gasteiger partial charge in [-0.15, -0.1) is 23.1 Å². The van der Waals surface area contributed by atoms with Gasteiger partial charge in [0, 0.05) is 23.0 Å². The molecule has 2 N–H and O–H groups in total. The monoisotopic (exact) mass is 459 g/mol. The molecule has 0 aliphatic carbocycles. The molecule has 3 aromatic rings. The average molecular weight is 460 g/mol. The van der Waals surface area contributed by atoms with E-state index in [0.717, 1.165) is 16.2 Å². The Morgan fingerprint density at radius 2 is 1.83 bits per heavy atom. The van der Waals surface area contributed by atoms with Crippen molar-refractivity contribution in [3.8, 4) is 0 Å². The number of sulfonamides is 1. The van der Waals surface area contributed by atoms with Crippen LogP contribution in [0.5, 0.6) is 0 Å². The number of aromatic nitrogens is 1. The lowest BCUT2D eigenvalue weighted by Crippen LogP contribution is -2.21. The lowest BCUT2D eigenvalue weighted by atomic mass is 10.2. The molecule has 2 aromatic carbocycles. The van der Waals surface area contributed by atoms with Crippen molar-refractivity contribution in [2.45, 2.75) is 4.90 Å². The number of benzene rings is 2. The van der Waals surface area contributed by atoms with E-state index in [1.807, 2.05) is 30.3 Å². The number of anilines is 2. The van der Waals surface area contributed by atoms with Crippen molar-refractivity contribution in [2.75, 3.05) is 22.4 Å². The van der Waals surface area contributed by atoms with Gasteiger partial charge in [-0.2, -0.15) is 0 Å². The number of carbonyl (C=O) groups is 1. The first kappa shape index (κ1) is 20.5. The molecule has 1 aromatic heterocycles. The maximum absolute atomic E-state index is 12.8. The van der Waals surface area contributed by atoms with Crippen molar-refractivity contribution in [1.29, 1.82) is 0 Å². The second-order valence-electron chi connectivity index (χ2n) is 6.14. The number of thiazole rings is 1. The maximum atomic E-state index is 12.8. The van der Waals surface area contributed by atoms with Crippen LogP contribution in [0.2, 0.25) is 0 Å². The largest absolute Gasteiger partial charge is 0.486 e. The number of nitrogens with zero attached hydrogens (tertiary/aromatic N) is 1. The Bertz CT molecular complexity index is 1160. The molecule has 2 heterocycles. The van der Waals surface area contributed by atoms with Crippen molar-refractivity contribution in [3.05, 3.63) is 77.5 Å². The molecule has 1 aliphatic heterocycles. The third kappa shape index (κ3) is 4.66. The van der Waals surface area contributed by atoms with Gasteiger partial charge in [-0.3, -0.25) is 9.52 Å². The van der Waals surface area contributed by atoms with Gasteiger partial charge >= 0.3 is 0 Å². The van der Waals surface area contributed by atoms with Crippen LogP contribution in [0.4, 0.5) is 10.8 Å². The molecule has 0 radical (unpaired) electrons. The molecule has 1 amide bonds. The highest BCUT2D eigenvalue weighted by molar-refractivity contribution is 8.08. The number of hydrogen-bond donors (Lipinski definition) is 2. The molecule has 0 atom stereocenters. The molecular weight excluding hydrogens is 442 g/mol. The first-order chi connectivity index (χ1) is 14.5.